The molecule has 0 aromatic carbocycles. The Morgan fingerprint density at radius 2 is 0.875 bits per heavy atom. The van der Waals surface area contributed by atoms with Crippen LogP contribution in [0.25, 0.3) is 0 Å². The van der Waals surface area contributed by atoms with E-state index in [1.54, 1.807) is 0 Å². The van der Waals surface area contributed by atoms with Gasteiger partial charge in [0.25, 0.3) is 7.82 Å². The fourth-order valence-corrected chi connectivity index (χ4v) is 8.18. The van der Waals surface area contributed by atoms with Gasteiger partial charge in [0.15, 0.2) is 0 Å². The molecule has 0 radical (unpaired) electrons. The first-order valence-electron chi connectivity index (χ1n) is 24.4. The lowest BCUT2D eigenvalue weighted by molar-refractivity contribution is -0.870. The second-order valence-electron chi connectivity index (χ2n) is 18.2. The summed E-state index contributed by atoms with van der Waals surface area (Å²) in [6.45, 7) is 4.75. The maximum atomic E-state index is 12.9. The van der Waals surface area contributed by atoms with Crippen LogP contribution in [0.3, 0.4) is 0 Å². The van der Waals surface area contributed by atoms with Crippen molar-refractivity contribution in [1.29, 1.82) is 0 Å². The highest BCUT2D eigenvalue weighted by Gasteiger charge is 2.24. The Balaban J connectivity index is 4.23. The summed E-state index contributed by atoms with van der Waals surface area (Å²) in [7, 11) is 1.32. The summed E-state index contributed by atoms with van der Waals surface area (Å²) < 4.78 is 23.3. The zero-order valence-corrected chi connectivity index (χ0v) is 39.0. The quantitative estimate of drug-likeness (QED) is 0.0360. The van der Waals surface area contributed by atoms with Gasteiger partial charge in [0, 0.05) is 6.42 Å². The number of nitrogens with zero attached hydrogens (tertiary/aromatic N) is 1. The van der Waals surface area contributed by atoms with Crippen LogP contribution in [0.5, 0.6) is 0 Å². The summed E-state index contributed by atoms with van der Waals surface area (Å²) in [6.07, 6.45) is 43.9. The molecule has 0 aliphatic carbocycles. The van der Waals surface area contributed by atoms with Crippen molar-refractivity contribution in [2.45, 2.75) is 257 Å². The van der Waals surface area contributed by atoms with Crippen LogP contribution in [0.1, 0.15) is 245 Å². The summed E-state index contributed by atoms with van der Waals surface area (Å²) in [4.78, 5) is 25.4. The molecule has 3 atom stereocenters. The standard InChI is InChI=1S/C47H97N2O6P/c1-6-8-10-12-14-16-18-20-22-23-24-25-26-27-29-31-33-35-37-39-41-47(51)48-45(44-55-56(52,53)54-43-42-49(3,4)5)46(50)40-38-36-34-32-30-28-21-19-17-15-13-11-9-7-2/h45-46,50H,6-44H2,1-5H3,(H-,48,51,52,53)/t45-,46+/m0/s1. The van der Waals surface area contributed by atoms with Gasteiger partial charge in [0.2, 0.25) is 5.91 Å². The summed E-state index contributed by atoms with van der Waals surface area (Å²) in [5, 5.41) is 13.9. The predicted molar refractivity (Wildman–Crippen MR) is 238 cm³/mol. The molecule has 0 aliphatic heterocycles. The molecule has 0 heterocycles. The second-order valence-corrected chi connectivity index (χ2v) is 19.6. The Bertz CT molecular complexity index is 885. The summed E-state index contributed by atoms with van der Waals surface area (Å²) >= 11 is 0. The first-order valence-corrected chi connectivity index (χ1v) is 25.8. The molecule has 336 valence electrons. The third-order valence-electron chi connectivity index (χ3n) is 11.3. The maximum absolute atomic E-state index is 12.9. The van der Waals surface area contributed by atoms with Gasteiger partial charge >= 0.3 is 0 Å². The van der Waals surface area contributed by atoms with Crippen molar-refractivity contribution < 1.29 is 32.9 Å². The van der Waals surface area contributed by atoms with E-state index >= 15 is 0 Å². The lowest BCUT2D eigenvalue weighted by Gasteiger charge is -2.30. The number of rotatable bonds is 45. The van der Waals surface area contributed by atoms with E-state index in [-0.39, 0.29) is 19.1 Å². The highest BCUT2D eigenvalue weighted by molar-refractivity contribution is 7.45. The normalized spacial score (nSPS) is 14.2. The largest absolute Gasteiger partial charge is 0.756 e. The van der Waals surface area contributed by atoms with Crippen molar-refractivity contribution in [3.8, 4) is 0 Å². The van der Waals surface area contributed by atoms with Crippen molar-refractivity contribution in [1.82, 2.24) is 5.32 Å². The molecule has 1 amide bonds. The molecule has 0 saturated heterocycles. The van der Waals surface area contributed by atoms with Gasteiger partial charge in [-0.25, -0.2) is 0 Å². The van der Waals surface area contributed by atoms with E-state index in [0.717, 1.165) is 38.5 Å². The molecule has 9 heteroatoms. The molecule has 8 nitrogen and oxygen atoms in total. The van der Waals surface area contributed by atoms with Crippen LogP contribution in [-0.4, -0.2) is 68.5 Å². The number of phosphoric ester groups is 1. The number of nitrogens with one attached hydrogen (secondary N) is 1. The first kappa shape index (κ1) is 55.5. The van der Waals surface area contributed by atoms with Gasteiger partial charge in [-0.2, -0.15) is 0 Å². The number of quaternary nitrogens is 1. The number of aliphatic hydroxyl groups is 1. The molecule has 0 aliphatic rings. The Morgan fingerprint density at radius 3 is 1.21 bits per heavy atom. The third-order valence-corrected chi connectivity index (χ3v) is 12.3. The minimum absolute atomic E-state index is 0.0162. The number of aliphatic hydroxyl groups excluding tert-OH is 1. The van der Waals surface area contributed by atoms with Gasteiger partial charge in [-0.05, 0) is 12.8 Å². The number of hydrogen-bond acceptors (Lipinski definition) is 6. The van der Waals surface area contributed by atoms with Crippen LogP contribution in [-0.2, 0) is 18.4 Å². The summed E-state index contributed by atoms with van der Waals surface area (Å²) in [5.74, 6) is -0.160. The lowest BCUT2D eigenvalue weighted by Crippen LogP contribution is -2.46. The van der Waals surface area contributed by atoms with Crippen LogP contribution < -0.4 is 10.2 Å². The molecule has 0 rings (SSSR count). The number of likely N-dealkylation sites (N-methyl/N-ethyl adjacent to an activating group) is 1. The number of unbranched alkanes of at least 4 members (excludes halogenated alkanes) is 32. The zero-order chi connectivity index (χ0) is 41.4. The van der Waals surface area contributed by atoms with E-state index in [9.17, 15) is 19.4 Å². The first-order chi connectivity index (χ1) is 27.0. The van der Waals surface area contributed by atoms with E-state index < -0.39 is 20.0 Å². The van der Waals surface area contributed by atoms with Gasteiger partial charge in [-0.15, -0.1) is 0 Å². The highest BCUT2D eigenvalue weighted by Crippen LogP contribution is 2.38. The molecule has 0 aromatic heterocycles. The third kappa shape index (κ3) is 41.7. The van der Waals surface area contributed by atoms with Gasteiger partial charge in [0.05, 0.1) is 39.9 Å². The molecular weight excluding hydrogens is 719 g/mol. The SMILES string of the molecule is CCCCCCCCCCCCCCCCCCCCCCC(=O)N[C@@H](COP(=O)([O-])OCC[N+](C)(C)C)[C@H](O)CCCCCCCCCCCCCCCC. The van der Waals surface area contributed by atoms with Crippen LogP contribution in [0, 0.1) is 0 Å². The molecule has 1 unspecified atom stereocenters. The number of hydrogen-bond donors (Lipinski definition) is 2. The van der Waals surface area contributed by atoms with E-state index in [0.29, 0.717) is 23.9 Å². The Morgan fingerprint density at radius 1 is 0.554 bits per heavy atom. The number of amides is 1. The average molecular weight is 817 g/mol. The van der Waals surface area contributed by atoms with E-state index in [4.69, 9.17) is 9.05 Å². The maximum Gasteiger partial charge on any atom is 0.268 e. The Kier molecular flexibility index (Phi) is 39.6. The fraction of sp³-hybridized carbons (Fsp3) is 0.979. The summed E-state index contributed by atoms with van der Waals surface area (Å²) in [5.41, 5.74) is 0. The number of carbonyl (C=O) groups excluding carboxylic acids is 1. The topological polar surface area (TPSA) is 108 Å². The molecular formula is C47H97N2O6P. The summed E-state index contributed by atoms with van der Waals surface area (Å²) in [6, 6.07) is -0.793. The van der Waals surface area contributed by atoms with Crippen LogP contribution >= 0.6 is 7.82 Å². The van der Waals surface area contributed by atoms with Gasteiger partial charge < -0.3 is 28.8 Å². The number of carbonyl (C=O) groups is 1. The highest BCUT2D eigenvalue weighted by atomic mass is 31.2. The Hall–Kier alpha value is -0.500. The minimum Gasteiger partial charge on any atom is -0.756 e. The van der Waals surface area contributed by atoms with Gasteiger partial charge in [-0.3, -0.25) is 9.36 Å². The van der Waals surface area contributed by atoms with Gasteiger partial charge in [-0.1, -0.05) is 226 Å². The molecule has 0 fully saturated rings. The predicted octanol–water partition coefficient (Wildman–Crippen LogP) is 13.1. The van der Waals surface area contributed by atoms with Crippen LogP contribution in [0.4, 0.5) is 0 Å². The van der Waals surface area contributed by atoms with E-state index in [2.05, 4.69) is 19.2 Å². The van der Waals surface area contributed by atoms with Crippen molar-refractivity contribution in [3.63, 3.8) is 0 Å². The molecule has 0 spiro atoms. The average Bonchev–Trinajstić information content (AvgIpc) is 3.15. The Labute approximate surface area is 349 Å². The fourth-order valence-electron chi connectivity index (χ4n) is 7.45. The van der Waals surface area contributed by atoms with E-state index in [1.165, 1.54) is 180 Å². The smallest absolute Gasteiger partial charge is 0.268 e. The lowest BCUT2D eigenvalue weighted by atomic mass is 10.0. The van der Waals surface area contributed by atoms with Crippen molar-refractivity contribution in [3.05, 3.63) is 0 Å². The second kappa shape index (κ2) is 39.9. The minimum atomic E-state index is -4.56. The zero-order valence-electron chi connectivity index (χ0n) is 38.1. The molecule has 0 bridgehead atoms. The van der Waals surface area contributed by atoms with Gasteiger partial charge in [0.1, 0.15) is 13.2 Å². The van der Waals surface area contributed by atoms with E-state index in [1.807, 2.05) is 21.1 Å². The molecule has 2 N–H and O–H groups in total. The molecule has 0 aromatic rings. The van der Waals surface area contributed by atoms with Crippen molar-refractivity contribution in [2.75, 3.05) is 40.9 Å². The number of phosphoric acid groups is 1. The van der Waals surface area contributed by atoms with Crippen LogP contribution in [0.15, 0.2) is 0 Å². The van der Waals surface area contributed by atoms with Crippen LogP contribution in [0.2, 0.25) is 0 Å². The molecule has 56 heavy (non-hydrogen) atoms. The monoisotopic (exact) mass is 817 g/mol. The van der Waals surface area contributed by atoms with Crippen molar-refractivity contribution in [2.24, 2.45) is 0 Å². The van der Waals surface area contributed by atoms with Crippen molar-refractivity contribution >= 4 is 13.7 Å². The molecule has 0 saturated carbocycles.